The van der Waals surface area contributed by atoms with E-state index in [1.54, 1.807) is 20.3 Å². The monoisotopic (exact) mass is 510 g/mol. The predicted octanol–water partition coefficient (Wildman–Crippen LogP) is 6.60. The molecule has 4 aliphatic rings. The molecule has 1 heterocycles. The van der Waals surface area contributed by atoms with Gasteiger partial charge in [0, 0.05) is 0 Å². The van der Waals surface area contributed by atoms with Gasteiger partial charge in [-0.25, -0.2) is 0 Å². The summed E-state index contributed by atoms with van der Waals surface area (Å²) in [5.41, 5.74) is 12.0. The Balaban J connectivity index is 1.61. The van der Waals surface area contributed by atoms with Crippen molar-refractivity contribution in [3.05, 3.63) is 154 Å². The molecule has 0 amide bonds. The van der Waals surface area contributed by atoms with Crippen molar-refractivity contribution in [3.63, 3.8) is 0 Å². The molecule has 2 bridgehead atoms. The van der Waals surface area contributed by atoms with Gasteiger partial charge in [-0.15, -0.1) is 0 Å². The average Bonchev–Trinajstić information content (AvgIpc) is 3.27. The summed E-state index contributed by atoms with van der Waals surface area (Å²) in [6, 6.07) is 40.7. The van der Waals surface area contributed by atoms with Crippen molar-refractivity contribution in [2.75, 3.05) is 0 Å². The van der Waals surface area contributed by atoms with E-state index in [-0.39, 0.29) is 3.46 Å². The molecule has 0 saturated heterocycles. The SMILES string of the molecule is C1=C(c2ccccc2)[Te]C23C1=C(c1ccccc1)C(c1ccccc12)c1ccccc13. The Bertz CT molecular complexity index is 1350. The molecule has 1 aliphatic heterocycles. The van der Waals surface area contributed by atoms with Crippen molar-refractivity contribution in [2.45, 2.75) is 9.38 Å². The fourth-order valence-corrected chi connectivity index (χ4v) is 10.4. The summed E-state index contributed by atoms with van der Waals surface area (Å²) >= 11 is -0.547. The molecule has 146 valence electrons. The van der Waals surface area contributed by atoms with Crippen LogP contribution in [0.1, 0.15) is 39.3 Å². The zero-order valence-corrected chi connectivity index (χ0v) is 19.3. The second-order valence-electron chi connectivity index (χ2n) is 8.46. The first kappa shape index (κ1) is 17.8. The Kier molecular flexibility index (Phi) is 3.77. The fourth-order valence-electron chi connectivity index (χ4n) is 5.75. The van der Waals surface area contributed by atoms with Crippen molar-refractivity contribution in [1.82, 2.24) is 0 Å². The molecule has 0 nitrogen and oxygen atoms in total. The summed E-state index contributed by atoms with van der Waals surface area (Å²) in [5, 5.41) is 0. The van der Waals surface area contributed by atoms with Crippen molar-refractivity contribution in [2.24, 2.45) is 0 Å². The molecule has 3 aliphatic carbocycles. The van der Waals surface area contributed by atoms with Gasteiger partial charge in [0.25, 0.3) is 0 Å². The third kappa shape index (κ3) is 2.31. The van der Waals surface area contributed by atoms with Gasteiger partial charge in [0.2, 0.25) is 0 Å². The number of benzene rings is 4. The number of hydrogen-bond donors (Lipinski definition) is 0. The van der Waals surface area contributed by atoms with Crippen LogP contribution in [0.4, 0.5) is 0 Å². The molecule has 0 fully saturated rings. The first-order chi connectivity index (χ1) is 15.4. The summed E-state index contributed by atoms with van der Waals surface area (Å²) in [6.07, 6.45) is 2.57. The second-order valence-corrected chi connectivity index (χ2v) is 12.0. The second kappa shape index (κ2) is 6.57. The Hall–Kier alpha value is -2.85. The van der Waals surface area contributed by atoms with Crippen LogP contribution in [0.15, 0.2) is 121 Å². The third-order valence-electron chi connectivity index (χ3n) is 6.94. The summed E-state index contributed by atoms with van der Waals surface area (Å²) in [5.74, 6) is 0.311. The van der Waals surface area contributed by atoms with Crippen LogP contribution in [0.25, 0.3) is 9.19 Å². The van der Waals surface area contributed by atoms with Gasteiger partial charge in [0.05, 0.1) is 0 Å². The summed E-state index contributed by atoms with van der Waals surface area (Å²) in [7, 11) is 0. The predicted molar refractivity (Wildman–Crippen MR) is 129 cm³/mol. The average molecular weight is 508 g/mol. The van der Waals surface area contributed by atoms with E-state index in [2.05, 4.69) is 115 Å². The quantitative estimate of drug-likeness (QED) is 0.268. The van der Waals surface area contributed by atoms with Gasteiger partial charge in [-0.2, -0.15) is 0 Å². The molecule has 31 heavy (non-hydrogen) atoms. The van der Waals surface area contributed by atoms with Crippen molar-refractivity contribution in [1.29, 1.82) is 0 Å². The van der Waals surface area contributed by atoms with Crippen LogP contribution in [0.5, 0.6) is 0 Å². The molecule has 1 spiro atoms. The van der Waals surface area contributed by atoms with E-state index in [1.807, 2.05) is 0 Å². The Labute approximate surface area is 193 Å². The Morgan fingerprint density at radius 1 is 0.548 bits per heavy atom. The van der Waals surface area contributed by atoms with E-state index in [1.165, 1.54) is 27.8 Å². The molecule has 0 N–H and O–H groups in total. The van der Waals surface area contributed by atoms with E-state index < -0.39 is 20.9 Å². The van der Waals surface area contributed by atoms with E-state index >= 15 is 0 Å². The van der Waals surface area contributed by atoms with Crippen LogP contribution in [-0.2, 0) is 3.46 Å². The third-order valence-corrected chi connectivity index (χ3v) is 11.3. The number of hydrogen-bond acceptors (Lipinski definition) is 0. The normalized spacial score (nSPS) is 22.6. The molecule has 0 radical (unpaired) electrons. The summed E-state index contributed by atoms with van der Waals surface area (Å²) in [6.45, 7) is 0. The molecule has 0 saturated carbocycles. The molecular formula is C30H20Te. The Morgan fingerprint density at radius 2 is 1.06 bits per heavy atom. The molecule has 0 atom stereocenters. The maximum absolute atomic E-state index is 2.57. The molecule has 1 heteroatoms. The number of rotatable bonds is 2. The molecule has 4 aromatic carbocycles. The first-order valence-electron chi connectivity index (χ1n) is 10.8. The molecule has 4 aromatic rings. The summed E-state index contributed by atoms with van der Waals surface area (Å²) < 4.78 is 1.60. The standard InChI is InChI=1S/C30H20Te/c1-3-11-20(12-4-1)27-19-26-28(21-13-5-2-6-14-21)29-22-15-7-9-17-24(22)30(26,31-27)25-18-10-8-16-23(25)29/h1-19,29H. The van der Waals surface area contributed by atoms with Crippen LogP contribution < -0.4 is 0 Å². The van der Waals surface area contributed by atoms with E-state index in [9.17, 15) is 0 Å². The van der Waals surface area contributed by atoms with Gasteiger partial charge in [0.15, 0.2) is 0 Å². The van der Waals surface area contributed by atoms with E-state index in [0.29, 0.717) is 5.92 Å². The summed E-state index contributed by atoms with van der Waals surface area (Å²) in [4.78, 5) is 0. The van der Waals surface area contributed by atoms with Crippen molar-refractivity contribution >= 4 is 30.1 Å². The van der Waals surface area contributed by atoms with Crippen LogP contribution >= 0.6 is 0 Å². The minimum atomic E-state index is -0.547. The fraction of sp³-hybridized carbons (Fsp3) is 0.0667. The topological polar surface area (TPSA) is 0 Å². The van der Waals surface area contributed by atoms with E-state index in [4.69, 9.17) is 0 Å². The van der Waals surface area contributed by atoms with Gasteiger partial charge < -0.3 is 0 Å². The Morgan fingerprint density at radius 3 is 1.68 bits per heavy atom. The van der Waals surface area contributed by atoms with E-state index in [0.717, 1.165) is 0 Å². The van der Waals surface area contributed by atoms with Crippen LogP contribution in [0.3, 0.4) is 0 Å². The van der Waals surface area contributed by atoms with Gasteiger partial charge in [0.1, 0.15) is 0 Å². The van der Waals surface area contributed by atoms with Crippen LogP contribution in [0.2, 0.25) is 0 Å². The van der Waals surface area contributed by atoms with Gasteiger partial charge in [-0.3, -0.25) is 0 Å². The molecule has 0 aromatic heterocycles. The van der Waals surface area contributed by atoms with Crippen molar-refractivity contribution < 1.29 is 0 Å². The maximum atomic E-state index is 2.57. The van der Waals surface area contributed by atoms with Gasteiger partial charge in [-0.05, 0) is 0 Å². The first-order valence-corrected chi connectivity index (χ1v) is 13.2. The van der Waals surface area contributed by atoms with Crippen LogP contribution in [0, 0.1) is 0 Å². The number of allylic oxidation sites excluding steroid dienone is 3. The zero-order chi connectivity index (χ0) is 20.4. The zero-order valence-electron chi connectivity index (χ0n) is 17.0. The van der Waals surface area contributed by atoms with Crippen LogP contribution in [-0.4, -0.2) is 20.9 Å². The minimum absolute atomic E-state index is 0.0311. The van der Waals surface area contributed by atoms with Gasteiger partial charge in [-0.1, -0.05) is 0 Å². The molecule has 8 rings (SSSR count). The molecular weight excluding hydrogens is 488 g/mol. The molecule has 0 unspecified atom stereocenters. The van der Waals surface area contributed by atoms with Crippen molar-refractivity contribution in [3.8, 4) is 0 Å². The van der Waals surface area contributed by atoms with Gasteiger partial charge >= 0.3 is 194 Å².